The average Bonchev–Trinajstić information content (AvgIpc) is 2.28. The van der Waals surface area contributed by atoms with Crippen LogP contribution in [0.3, 0.4) is 0 Å². The van der Waals surface area contributed by atoms with Crippen molar-refractivity contribution in [3.05, 3.63) is 23.8 Å². The molecule has 0 amide bonds. The zero-order valence-electron chi connectivity index (χ0n) is 11.4. The summed E-state index contributed by atoms with van der Waals surface area (Å²) in [5.41, 5.74) is 1.25. The summed E-state index contributed by atoms with van der Waals surface area (Å²) in [5, 5.41) is 0. The van der Waals surface area contributed by atoms with E-state index in [1.165, 1.54) is 5.56 Å². The number of ether oxygens (including phenoxy) is 3. The molecule has 0 aliphatic rings. The number of methoxy groups -OCH3 is 2. The van der Waals surface area contributed by atoms with E-state index < -0.39 is 0 Å². The molecular formula is C14H22O3. The van der Waals surface area contributed by atoms with Crippen molar-refractivity contribution < 1.29 is 14.2 Å². The Morgan fingerprint density at radius 3 is 2.29 bits per heavy atom. The third-order valence-corrected chi connectivity index (χ3v) is 2.54. The lowest BCUT2D eigenvalue weighted by Gasteiger charge is -2.22. The Bertz CT molecular complexity index is 353. The number of rotatable bonds is 5. The van der Waals surface area contributed by atoms with Crippen LogP contribution in [0.4, 0.5) is 0 Å². The van der Waals surface area contributed by atoms with Gasteiger partial charge in [0.1, 0.15) is 18.1 Å². The molecule has 0 aromatic heterocycles. The molecule has 3 nitrogen and oxygen atoms in total. The lowest BCUT2D eigenvalue weighted by molar-refractivity contribution is 0.146. The van der Waals surface area contributed by atoms with E-state index in [9.17, 15) is 0 Å². The lowest BCUT2D eigenvalue weighted by atomic mass is 9.86. The first-order valence-electron chi connectivity index (χ1n) is 5.79. The van der Waals surface area contributed by atoms with E-state index in [0.29, 0.717) is 13.2 Å². The van der Waals surface area contributed by atoms with E-state index in [1.807, 2.05) is 12.1 Å². The molecule has 0 bridgehead atoms. The molecule has 0 atom stereocenters. The van der Waals surface area contributed by atoms with Gasteiger partial charge in [0, 0.05) is 13.2 Å². The minimum Gasteiger partial charge on any atom is -0.496 e. The Morgan fingerprint density at radius 1 is 1.06 bits per heavy atom. The van der Waals surface area contributed by atoms with Crippen LogP contribution in [0.1, 0.15) is 26.3 Å². The van der Waals surface area contributed by atoms with Crippen LogP contribution in [0.2, 0.25) is 0 Å². The van der Waals surface area contributed by atoms with Gasteiger partial charge in [-0.15, -0.1) is 0 Å². The van der Waals surface area contributed by atoms with E-state index in [2.05, 4.69) is 26.8 Å². The van der Waals surface area contributed by atoms with Gasteiger partial charge in [0.2, 0.25) is 0 Å². The zero-order valence-corrected chi connectivity index (χ0v) is 11.4. The average molecular weight is 238 g/mol. The lowest BCUT2D eigenvalue weighted by Crippen LogP contribution is -2.13. The molecule has 0 aliphatic heterocycles. The summed E-state index contributed by atoms with van der Waals surface area (Å²) >= 11 is 0. The quantitative estimate of drug-likeness (QED) is 0.738. The van der Waals surface area contributed by atoms with Gasteiger partial charge in [-0.05, 0) is 17.0 Å². The van der Waals surface area contributed by atoms with Gasteiger partial charge in [0.25, 0.3) is 0 Å². The minimum absolute atomic E-state index is 0.0659. The normalized spacial score (nSPS) is 11.4. The second-order valence-electron chi connectivity index (χ2n) is 4.95. The second-order valence-corrected chi connectivity index (χ2v) is 4.95. The first-order valence-corrected chi connectivity index (χ1v) is 5.79. The summed E-state index contributed by atoms with van der Waals surface area (Å²) in [7, 11) is 3.34. The van der Waals surface area contributed by atoms with Crippen LogP contribution in [0.5, 0.6) is 11.5 Å². The Hall–Kier alpha value is -1.22. The van der Waals surface area contributed by atoms with Crippen molar-refractivity contribution in [2.24, 2.45) is 0 Å². The smallest absolute Gasteiger partial charge is 0.126 e. The molecule has 0 spiro atoms. The highest BCUT2D eigenvalue weighted by Gasteiger charge is 2.19. The van der Waals surface area contributed by atoms with Crippen molar-refractivity contribution in [3.8, 4) is 11.5 Å². The van der Waals surface area contributed by atoms with Crippen LogP contribution in [0.25, 0.3) is 0 Å². The van der Waals surface area contributed by atoms with Gasteiger partial charge in [-0.25, -0.2) is 0 Å². The van der Waals surface area contributed by atoms with Crippen LogP contribution >= 0.6 is 0 Å². The highest BCUT2D eigenvalue weighted by Crippen LogP contribution is 2.33. The fourth-order valence-electron chi connectivity index (χ4n) is 1.62. The third kappa shape index (κ3) is 3.93. The summed E-state index contributed by atoms with van der Waals surface area (Å²) in [6.45, 7) is 7.63. The molecular weight excluding hydrogens is 216 g/mol. The molecule has 0 saturated heterocycles. The van der Waals surface area contributed by atoms with Gasteiger partial charge in [-0.3, -0.25) is 0 Å². The van der Waals surface area contributed by atoms with Gasteiger partial charge >= 0.3 is 0 Å². The molecule has 1 rings (SSSR count). The predicted octanol–water partition coefficient (Wildman–Crippen LogP) is 3.02. The first kappa shape index (κ1) is 13.8. The predicted molar refractivity (Wildman–Crippen MR) is 69.1 cm³/mol. The highest BCUT2D eigenvalue weighted by atomic mass is 16.5. The number of benzene rings is 1. The van der Waals surface area contributed by atoms with E-state index in [4.69, 9.17) is 14.2 Å². The molecule has 0 N–H and O–H groups in total. The molecule has 3 heteroatoms. The summed E-state index contributed by atoms with van der Waals surface area (Å²) in [6.07, 6.45) is 0. The van der Waals surface area contributed by atoms with Gasteiger partial charge in [0.15, 0.2) is 0 Å². The summed E-state index contributed by atoms with van der Waals surface area (Å²) in [6, 6.07) is 5.95. The molecule has 0 heterocycles. The fraction of sp³-hybridized carbons (Fsp3) is 0.571. The highest BCUT2D eigenvalue weighted by molar-refractivity contribution is 5.44. The summed E-state index contributed by atoms with van der Waals surface area (Å²) in [5.74, 6) is 1.68. The summed E-state index contributed by atoms with van der Waals surface area (Å²) in [4.78, 5) is 0. The van der Waals surface area contributed by atoms with Crippen molar-refractivity contribution >= 4 is 0 Å². The molecule has 0 fully saturated rings. The fourth-order valence-corrected chi connectivity index (χ4v) is 1.62. The Labute approximate surface area is 104 Å². The molecule has 0 saturated carbocycles. The van der Waals surface area contributed by atoms with E-state index in [0.717, 1.165) is 11.5 Å². The maximum absolute atomic E-state index is 5.55. The topological polar surface area (TPSA) is 27.7 Å². The molecule has 17 heavy (non-hydrogen) atoms. The van der Waals surface area contributed by atoms with E-state index >= 15 is 0 Å². The van der Waals surface area contributed by atoms with Crippen LogP contribution in [0, 0.1) is 0 Å². The Kier molecular flexibility index (Phi) is 4.82. The van der Waals surface area contributed by atoms with Crippen molar-refractivity contribution in [2.75, 3.05) is 27.4 Å². The van der Waals surface area contributed by atoms with Crippen molar-refractivity contribution in [3.63, 3.8) is 0 Å². The van der Waals surface area contributed by atoms with Gasteiger partial charge < -0.3 is 14.2 Å². The van der Waals surface area contributed by atoms with E-state index in [-0.39, 0.29) is 5.41 Å². The monoisotopic (exact) mass is 238 g/mol. The zero-order chi connectivity index (χ0) is 12.9. The third-order valence-electron chi connectivity index (χ3n) is 2.54. The van der Waals surface area contributed by atoms with E-state index in [1.54, 1.807) is 14.2 Å². The maximum Gasteiger partial charge on any atom is 0.126 e. The van der Waals surface area contributed by atoms with Gasteiger partial charge in [-0.2, -0.15) is 0 Å². The standard InChI is InChI=1S/C14H22O3/c1-14(2,3)12-7-6-11(10-13(12)16-5)17-9-8-15-4/h6-7,10H,8-9H2,1-5H3. The maximum atomic E-state index is 5.55. The van der Waals surface area contributed by atoms with Crippen LogP contribution in [-0.2, 0) is 10.2 Å². The molecule has 0 unspecified atom stereocenters. The van der Waals surface area contributed by atoms with Gasteiger partial charge in [0.05, 0.1) is 13.7 Å². The first-order chi connectivity index (χ1) is 7.99. The SMILES string of the molecule is COCCOc1ccc(C(C)(C)C)c(OC)c1. The van der Waals surface area contributed by atoms with Crippen LogP contribution in [-0.4, -0.2) is 27.4 Å². The summed E-state index contributed by atoms with van der Waals surface area (Å²) < 4.78 is 15.9. The largest absolute Gasteiger partial charge is 0.496 e. The number of hydrogen-bond acceptors (Lipinski definition) is 3. The van der Waals surface area contributed by atoms with Crippen LogP contribution in [0.15, 0.2) is 18.2 Å². The Morgan fingerprint density at radius 2 is 1.76 bits per heavy atom. The molecule has 1 aromatic carbocycles. The molecule has 0 aliphatic carbocycles. The minimum atomic E-state index is 0.0659. The van der Waals surface area contributed by atoms with Crippen LogP contribution < -0.4 is 9.47 Å². The Balaban J connectivity index is 2.85. The molecule has 1 aromatic rings. The van der Waals surface area contributed by atoms with Crippen molar-refractivity contribution in [1.82, 2.24) is 0 Å². The van der Waals surface area contributed by atoms with Gasteiger partial charge in [-0.1, -0.05) is 26.8 Å². The molecule has 96 valence electrons. The van der Waals surface area contributed by atoms with Crippen molar-refractivity contribution in [2.45, 2.75) is 26.2 Å². The number of hydrogen-bond donors (Lipinski definition) is 0. The molecule has 0 radical (unpaired) electrons. The van der Waals surface area contributed by atoms with Crippen molar-refractivity contribution in [1.29, 1.82) is 0 Å². The second kappa shape index (κ2) is 5.92.